The summed E-state index contributed by atoms with van der Waals surface area (Å²) < 4.78 is 5.27. The third-order valence-electron chi connectivity index (χ3n) is 5.41. The molecule has 0 fully saturated rings. The van der Waals surface area contributed by atoms with Gasteiger partial charge in [-0.2, -0.15) is 0 Å². The highest BCUT2D eigenvalue weighted by atomic mass is 32.1. The normalized spacial score (nSPS) is 10.6. The third kappa shape index (κ3) is 5.12. The van der Waals surface area contributed by atoms with Crippen molar-refractivity contribution in [1.82, 2.24) is 0 Å². The van der Waals surface area contributed by atoms with Crippen molar-refractivity contribution < 1.29 is 19.2 Å². The number of aryl methyl sites for hydroxylation is 1. The molecule has 0 unspecified atom stereocenters. The Morgan fingerprint density at radius 2 is 1.51 bits per heavy atom. The van der Waals surface area contributed by atoms with Gasteiger partial charge in [0.2, 0.25) is 0 Å². The Bertz CT molecular complexity index is 1380. The van der Waals surface area contributed by atoms with Crippen molar-refractivity contribution in [1.29, 1.82) is 0 Å². The average Bonchev–Trinajstić information content (AvgIpc) is 3.20. The van der Waals surface area contributed by atoms with Crippen molar-refractivity contribution in [3.8, 4) is 22.3 Å². The highest BCUT2D eigenvalue weighted by Crippen LogP contribution is 2.41. The van der Waals surface area contributed by atoms with Crippen LogP contribution in [0.1, 0.15) is 32.5 Å². The lowest BCUT2D eigenvalue weighted by Gasteiger charge is -2.10. The van der Waals surface area contributed by atoms with Crippen LogP contribution in [0.4, 0.5) is 10.7 Å². The first-order chi connectivity index (χ1) is 16.9. The van der Waals surface area contributed by atoms with E-state index in [-0.39, 0.29) is 23.8 Å². The quantitative estimate of drug-likeness (QED) is 0.177. The predicted octanol–water partition coefficient (Wildman–Crippen LogP) is 6.73. The second kappa shape index (κ2) is 10.3. The van der Waals surface area contributed by atoms with E-state index in [1.807, 2.05) is 49.4 Å². The Labute approximate surface area is 206 Å². The molecule has 0 saturated heterocycles. The molecule has 0 aliphatic carbocycles. The fraction of sp³-hybridized carbons (Fsp3) is 0.111. The van der Waals surface area contributed by atoms with Crippen LogP contribution in [0.3, 0.4) is 0 Å². The van der Waals surface area contributed by atoms with Crippen LogP contribution in [0.15, 0.2) is 78.9 Å². The molecule has 0 spiro atoms. The van der Waals surface area contributed by atoms with E-state index in [0.717, 1.165) is 16.0 Å². The number of nitro groups is 1. The zero-order valence-corrected chi connectivity index (χ0v) is 19.9. The van der Waals surface area contributed by atoms with Crippen LogP contribution in [0, 0.1) is 17.0 Å². The number of anilines is 1. The van der Waals surface area contributed by atoms with E-state index < -0.39 is 10.9 Å². The molecule has 0 bridgehead atoms. The van der Waals surface area contributed by atoms with Crippen molar-refractivity contribution in [2.24, 2.45) is 0 Å². The number of carbonyl (C=O) groups excluding carboxylic acids is 2. The van der Waals surface area contributed by atoms with E-state index in [0.29, 0.717) is 21.7 Å². The first-order valence-electron chi connectivity index (χ1n) is 10.9. The molecule has 0 aliphatic rings. The Morgan fingerprint density at radius 1 is 0.914 bits per heavy atom. The minimum atomic E-state index is -0.570. The van der Waals surface area contributed by atoms with Crippen LogP contribution in [-0.4, -0.2) is 23.4 Å². The van der Waals surface area contributed by atoms with Gasteiger partial charge < -0.3 is 10.1 Å². The zero-order valence-electron chi connectivity index (χ0n) is 19.1. The maximum Gasteiger partial charge on any atom is 0.341 e. The van der Waals surface area contributed by atoms with Gasteiger partial charge in [0.15, 0.2) is 0 Å². The largest absolute Gasteiger partial charge is 0.462 e. The Hall–Kier alpha value is -4.30. The fourth-order valence-electron chi connectivity index (χ4n) is 3.75. The Balaban J connectivity index is 1.66. The summed E-state index contributed by atoms with van der Waals surface area (Å²) in [4.78, 5) is 37.2. The maximum atomic E-state index is 13.0. The zero-order chi connectivity index (χ0) is 24.9. The number of carbonyl (C=O) groups is 2. The van der Waals surface area contributed by atoms with E-state index in [1.165, 1.54) is 23.5 Å². The van der Waals surface area contributed by atoms with Gasteiger partial charge in [0, 0.05) is 28.1 Å². The van der Waals surface area contributed by atoms with Crippen molar-refractivity contribution in [2.75, 3.05) is 11.9 Å². The third-order valence-corrected chi connectivity index (χ3v) is 6.43. The van der Waals surface area contributed by atoms with Crippen LogP contribution in [-0.2, 0) is 4.74 Å². The van der Waals surface area contributed by atoms with Gasteiger partial charge >= 0.3 is 5.97 Å². The molecule has 0 radical (unpaired) electrons. The molecule has 4 aromatic rings. The van der Waals surface area contributed by atoms with Crippen LogP contribution < -0.4 is 5.32 Å². The summed E-state index contributed by atoms with van der Waals surface area (Å²) in [6.45, 7) is 3.70. The molecule has 8 heteroatoms. The standard InChI is InChI=1S/C27H22N2O5S/c1-3-34-27(31)24-23(20-13-15-22(16-14-20)29(32)33)17(2)35-26(24)28-25(30)21-11-9-19(10-12-21)18-7-5-4-6-8-18/h4-16H,3H2,1-2H3,(H,28,30). The lowest BCUT2D eigenvalue weighted by atomic mass is 10.0. The summed E-state index contributed by atoms with van der Waals surface area (Å²) in [7, 11) is 0. The second-order valence-corrected chi connectivity index (χ2v) is 8.88. The van der Waals surface area contributed by atoms with E-state index in [1.54, 1.807) is 31.2 Å². The number of amides is 1. The molecule has 1 aromatic heterocycles. The number of non-ortho nitro benzene ring substituents is 1. The smallest absolute Gasteiger partial charge is 0.341 e. The second-order valence-electron chi connectivity index (χ2n) is 7.66. The van der Waals surface area contributed by atoms with E-state index >= 15 is 0 Å². The molecule has 0 saturated carbocycles. The summed E-state index contributed by atoms with van der Waals surface area (Å²) in [5.74, 6) is -0.924. The molecule has 35 heavy (non-hydrogen) atoms. The van der Waals surface area contributed by atoms with Gasteiger partial charge in [-0.15, -0.1) is 11.3 Å². The molecular weight excluding hydrogens is 464 g/mol. The molecule has 1 amide bonds. The minimum Gasteiger partial charge on any atom is -0.462 e. The predicted molar refractivity (Wildman–Crippen MR) is 137 cm³/mol. The van der Waals surface area contributed by atoms with Gasteiger partial charge in [-0.25, -0.2) is 4.79 Å². The van der Waals surface area contributed by atoms with Crippen molar-refractivity contribution in [3.05, 3.63) is 105 Å². The molecule has 1 N–H and O–H groups in total. The molecule has 1 heterocycles. The number of benzene rings is 3. The van der Waals surface area contributed by atoms with E-state index in [9.17, 15) is 19.7 Å². The minimum absolute atomic E-state index is 0.0493. The van der Waals surface area contributed by atoms with Crippen LogP contribution in [0.25, 0.3) is 22.3 Å². The lowest BCUT2D eigenvalue weighted by Crippen LogP contribution is -2.14. The number of hydrogen-bond acceptors (Lipinski definition) is 6. The fourth-order valence-corrected chi connectivity index (χ4v) is 4.81. The highest BCUT2D eigenvalue weighted by molar-refractivity contribution is 7.17. The molecule has 176 valence electrons. The van der Waals surface area contributed by atoms with Crippen molar-refractivity contribution >= 4 is 33.9 Å². The van der Waals surface area contributed by atoms with Crippen molar-refractivity contribution in [2.45, 2.75) is 13.8 Å². The molecule has 4 rings (SSSR count). The SMILES string of the molecule is CCOC(=O)c1c(NC(=O)c2ccc(-c3ccccc3)cc2)sc(C)c1-c1ccc([N+](=O)[O-])cc1. The first kappa shape index (κ1) is 23.8. The summed E-state index contributed by atoms with van der Waals surface area (Å²) >= 11 is 1.26. The number of hydrogen-bond donors (Lipinski definition) is 1. The topological polar surface area (TPSA) is 98.5 Å². The lowest BCUT2D eigenvalue weighted by molar-refractivity contribution is -0.384. The molecule has 3 aromatic carbocycles. The first-order valence-corrected chi connectivity index (χ1v) is 11.7. The summed E-state index contributed by atoms with van der Waals surface area (Å²) in [5, 5.41) is 14.2. The number of ether oxygens (including phenoxy) is 1. The van der Waals surface area contributed by atoms with Crippen LogP contribution in [0.5, 0.6) is 0 Å². The number of rotatable bonds is 7. The molecule has 0 atom stereocenters. The Kier molecular flexibility index (Phi) is 7.03. The maximum absolute atomic E-state index is 13.0. The van der Waals surface area contributed by atoms with Gasteiger partial charge in [-0.1, -0.05) is 42.5 Å². The van der Waals surface area contributed by atoms with Crippen LogP contribution >= 0.6 is 11.3 Å². The van der Waals surface area contributed by atoms with E-state index in [2.05, 4.69) is 5.32 Å². The number of nitrogens with zero attached hydrogens (tertiary/aromatic N) is 1. The number of nitro benzene ring substituents is 1. The van der Waals surface area contributed by atoms with Gasteiger partial charge in [0.1, 0.15) is 10.6 Å². The Morgan fingerprint density at radius 3 is 2.11 bits per heavy atom. The molecular formula is C27H22N2O5S. The molecule has 0 aliphatic heterocycles. The van der Waals surface area contributed by atoms with Crippen LogP contribution in [0.2, 0.25) is 0 Å². The van der Waals surface area contributed by atoms with Gasteiger partial charge in [0.25, 0.3) is 11.6 Å². The number of nitrogens with one attached hydrogen (secondary N) is 1. The van der Waals surface area contributed by atoms with E-state index in [4.69, 9.17) is 4.74 Å². The molecule has 7 nitrogen and oxygen atoms in total. The number of thiophene rings is 1. The summed E-state index contributed by atoms with van der Waals surface area (Å²) in [5.41, 5.74) is 3.87. The van der Waals surface area contributed by atoms with Crippen molar-refractivity contribution in [3.63, 3.8) is 0 Å². The average molecular weight is 487 g/mol. The van der Waals surface area contributed by atoms with Gasteiger partial charge in [0.05, 0.1) is 11.5 Å². The van der Waals surface area contributed by atoms with Gasteiger partial charge in [-0.05, 0) is 54.8 Å². The number of esters is 1. The summed E-state index contributed by atoms with van der Waals surface area (Å²) in [6.07, 6.45) is 0. The highest BCUT2D eigenvalue weighted by Gasteiger charge is 2.26. The van der Waals surface area contributed by atoms with Gasteiger partial charge in [-0.3, -0.25) is 14.9 Å². The monoisotopic (exact) mass is 486 g/mol. The summed E-state index contributed by atoms with van der Waals surface area (Å²) in [6, 6.07) is 23.0.